The largest absolute Gasteiger partial charge is 0.493 e. The summed E-state index contributed by atoms with van der Waals surface area (Å²) in [7, 11) is 4.39. The average Bonchev–Trinajstić information content (AvgIpc) is 2.62. The fraction of sp³-hybridized carbons (Fsp3) is 0.294. The van der Waals surface area contributed by atoms with Crippen LogP contribution < -0.4 is 9.47 Å². The number of ether oxygens (including phenoxy) is 2. The summed E-state index contributed by atoms with van der Waals surface area (Å²) in [6.07, 6.45) is 0.365. The molecule has 1 aliphatic rings. The highest BCUT2D eigenvalue weighted by molar-refractivity contribution is 7.80. The van der Waals surface area contributed by atoms with Crippen LogP contribution in [0.15, 0.2) is 23.8 Å². The van der Waals surface area contributed by atoms with Crippen molar-refractivity contribution in [3.8, 4) is 11.5 Å². The zero-order valence-electron chi connectivity index (χ0n) is 14.7. The fourth-order valence-electron chi connectivity index (χ4n) is 2.25. The Balaban J connectivity index is 2.38. The van der Waals surface area contributed by atoms with E-state index in [2.05, 4.69) is 0 Å². The van der Waals surface area contributed by atoms with Crippen molar-refractivity contribution in [3.63, 3.8) is 0 Å². The third-order valence-electron chi connectivity index (χ3n) is 3.79. The summed E-state index contributed by atoms with van der Waals surface area (Å²) in [6, 6.07) is 4.65. The summed E-state index contributed by atoms with van der Waals surface area (Å²) >= 11 is 5.04. The van der Waals surface area contributed by atoms with E-state index in [0.29, 0.717) is 5.56 Å². The van der Waals surface area contributed by atoms with Gasteiger partial charge in [0.15, 0.2) is 22.7 Å². The van der Waals surface area contributed by atoms with Gasteiger partial charge in [0.05, 0.1) is 7.11 Å². The predicted molar refractivity (Wildman–Crippen MR) is 96.8 cm³/mol. The summed E-state index contributed by atoms with van der Waals surface area (Å²) in [5, 5.41) is 9.06. The van der Waals surface area contributed by atoms with Crippen molar-refractivity contribution < 1.29 is 29.0 Å². The predicted octanol–water partition coefficient (Wildman–Crippen LogP) is 1.15. The topological polar surface area (TPSA) is 96.4 Å². The Morgan fingerprint density at radius 1 is 1.19 bits per heavy atom. The van der Waals surface area contributed by atoms with Gasteiger partial charge in [-0.1, -0.05) is 6.07 Å². The van der Waals surface area contributed by atoms with Crippen molar-refractivity contribution in [2.24, 2.45) is 0 Å². The molecule has 2 rings (SSSR count). The van der Waals surface area contributed by atoms with Crippen LogP contribution in [0.1, 0.15) is 12.5 Å². The second-order valence-electron chi connectivity index (χ2n) is 5.58. The minimum absolute atomic E-state index is 0.0433. The molecule has 1 N–H and O–H groups in total. The Morgan fingerprint density at radius 2 is 1.77 bits per heavy atom. The molecule has 1 unspecified atom stereocenters. The van der Waals surface area contributed by atoms with Crippen LogP contribution >= 0.6 is 12.2 Å². The van der Waals surface area contributed by atoms with E-state index in [-0.39, 0.29) is 22.2 Å². The van der Waals surface area contributed by atoms with E-state index in [1.807, 2.05) is 0 Å². The molecule has 26 heavy (non-hydrogen) atoms. The van der Waals surface area contributed by atoms with E-state index in [1.54, 1.807) is 12.1 Å². The van der Waals surface area contributed by atoms with Crippen molar-refractivity contribution in [2.45, 2.75) is 13.0 Å². The summed E-state index contributed by atoms with van der Waals surface area (Å²) < 4.78 is 10.5. The van der Waals surface area contributed by atoms with Crippen molar-refractivity contribution in [2.75, 3.05) is 21.2 Å². The lowest BCUT2D eigenvalue weighted by molar-refractivity contribution is -0.144. The van der Waals surface area contributed by atoms with Gasteiger partial charge in [-0.05, 0) is 42.9 Å². The zero-order chi connectivity index (χ0) is 19.6. The Hall–Kier alpha value is -2.94. The molecule has 0 spiro atoms. The van der Waals surface area contributed by atoms with Crippen LogP contribution in [0.5, 0.6) is 11.5 Å². The standard InChI is InChI=1S/C17H18N2O6S/c1-9(16(22)23)25-12-6-5-10(8-13(12)24-4)7-11-14(20)18(2)17(26)19(3)15(11)21/h5-9H,1-4H3,(H,22,23). The first-order chi connectivity index (χ1) is 12.2. The molecule has 8 nitrogen and oxygen atoms in total. The number of thiocarbonyl (C=S) groups is 1. The number of benzene rings is 1. The first-order valence-corrected chi connectivity index (χ1v) is 7.97. The van der Waals surface area contributed by atoms with Crippen LogP contribution in [-0.4, -0.2) is 65.1 Å². The summed E-state index contributed by atoms with van der Waals surface area (Å²) in [4.78, 5) is 38.0. The molecule has 1 heterocycles. The Morgan fingerprint density at radius 3 is 2.27 bits per heavy atom. The molecule has 1 atom stereocenters. The molecule has 0 bridgehead atoms. The van der Waals surface area contributed by atoms with E-state index < -0.39 is 23.9 Å². The number of carboxylic acid groups (broad SMARTS) is 1. The maximum atomic E-state index is 12.3. The minimum atomic E-state index is -1.11. The summed E-state index contributed by atoms with van der Waals surface area (Å²) in [5.41, 5.74) is 0.474. The van der Waals surface area contributed by atoms with Crippen LogP contribution in [0.25, 0.3) is 6.08 Å². The molecule has 9 heteroatoms. The summed E-state index contributed by atoms with van der Waals surface area (Å²) in [6.45, 7) is 1.39. The number of hydrogen-bond donors (Lipinski definition) is 1. The molecule has 1 aliphatic heterocycles. The van der Waals surface area contributed by atoms with Gasteiger partial charge in [0.25, 0.3) is 11.8 Å². The van der Waals surface area contributed by atoms with E-state index in [0.717, 1.165) is 0 Å². The second kappa shape index (κ2) is 7.52. The lowest BCUT2D eigenvalue weighted by Crippen LogP contribution is -2.52. The smallest absolute Gasteiger partial charge is 0.344 e. The van der Waals surface area contributed by atoms with E-state index in [4.69, 9.17) is 26.8 Å². The summed E-state index contributed by atoms with van der Waals surface area (Å²) in [5.74, 6) is -1.60. The highest BCUT2D eigenvalue weighted by Crippen LogP contribution is 2.30. The number of carbonyl (C=O) groups is 3. The quantitative estimate of drug-likeness (QED) is 0.466. The SMILES string of the molecule is COc1cc(C=C2C(=O)N(C)C(=S)N(C)C2=O)ccc1OC(C)C(=O)O. The van der Waals surface area contributed by atoms with Gasteiger partial charge in [-0.2, -0.15) is 0 Å². The third-order valence-corrected chi connectivity index (χ3v) is 4.34. The lowest BCUT2D eigenvalue weighted by Gasteiger charge is -2.31. The lowest BCUT2D eigenvalue weighted by atomic mass is 10.1. The number of hydrogen-bond acceptors (Lipinski definition) is 6. The molecular formula is C17H18N2O6S. The van der Waals surface area contributed by atoms with Crippen LogP contribution in [-0.2, 0) is 14.4 Å². The molecule has 1 aromatic carbocycles. The highest BCUT2D eigenvalue weighted by Gasteiger charge is 2.35. The molecule has 0 aliphatic carbocycles. The van der Waals surface area contributed by atoms with E-state index in [9.17, 15) is 14.4 Å². The van der Waals surface area contributed by atoms with E-state index in [1.165, 1.54) is 50.1 Å². The van der Waals surface area contributed by atoms with Gasteiger partial charge in [-0.15, -0.1) is 0 Å². The fourth-order valence-corrected chi connectivity index (χ4v) is 2.42. The molecule has 0 radical (unpaired) electrons. The minimum Gasteiger partial charge on any atom is -0.493 e. The van der Waals surface area contributed by atoms with Gasteiger partial charge in [0, 0.05) is 14.1 Å². The molecule has 1 saturated heterocycles. The van der Waals surface area contributed by atoms with Crippen LogP contribution in [0.3, 0.4) is 0 Å². The first kappa shape index (κ1) is 19.4. The van der Waals surface area contributed by atoms with E-state index >= 15 is 0 Å². The molecule has 138 valence electrons. The van der Waals surface area contributed by atoms with Crippen molar-refractivity contribution in [3.05, 3.63) is 29.3 Å². The Kier molecular flexibility index (Phi) is 5.61. The van der Waals surface area contributed by atoms with Crippen molar-refractivity contribution >= 4 is 41.2 Å². The number of aliphatic carboxylic acids is 1. The van der Waals surface area contributed by atoms with Gasteiger partial charge in [0.1, 0.15) is 5.57 Å². The van der Waals surface area contributed by atoms with Crippen LogP contribution in [0.2, 0.25) is 0 Å². The van der Waals surface area contributed by atoms with Gasteiger partial charge in [-0.25, -0.2) is 4.79 Å². The molecular weight excluding hydrogens is 360 g/mol. The van der Waals surface area contributed by atoms with Gasteiger partial charge >= 0.3 is 5.97 Å². The second-order valence-corrected chi connectivity index (χ2v) is 5.94. The van der Waals surface area contributed by atoms with Crippen molar-refractivity contribution in [1.29, 1.82) is 0 Å². The number of methoxy groups -OCH3 is 1. The molecule has 1 fully saturated rings. The maximum absolute atomic E-state index is 12.3. The molecule has 0 aromatic heterocycles. The third kappa shape index (κ3) is 3.67. The van der Waals surface area contributed by atoms with Gasteiger partial charge < -0.3 is 14.6 Å². The number of amides is 2. The highest BCUT2D eigenvalue weighted by atomic mass is 32.1. The van der Waals surface area contributed by atoms with Crippen molar-refractivity contribution in [1.82, 2.24) is 9.80 Å². The number of likely N-dealkylation sites (N-methyl/N-ethyl adjacent to an activating group) is 2. The molecule has 1 aromatic rings. The first-order valence-electron chi connectivity index (χ1n) is 7.56. The van der Waals surface area contributed by atoms with Gasteiger partial charge in [-0.3, -0.25) is 19.4 Å². The molecule has 2 amide bonds. The van der Waals surface area contributed by atoms with Crippen LogP contribution in [0.4, 0.5) is 0 Å². The number of nitrogens with zero attached hydrogens (tertiary/aromatic N) is 2. The number of rotatable bonds is 5. The maximum Gasteiger partial charge on any atom is 0.344 e. The molecule has 0 saturated carbocycles. The number of carboxylic acids is 1. The Bertz CT molecular complexity index is 793. The average molecular weight is 378 g/mol. The Labute approximate surface area is 155 Å². The monoisotopic (exact) mass is 378 g/mol. The van der Waals surface area contributed by atoms with Crippen LogP contribution in [0, 0.1) is 0 Å². The normalized spacial score (nSPS) is 15.8. The van der Waals surface area contributed by atoms with Gasteiger partial charge in [0.2, 0.25) is 0 Å². The zero-order valence-corrected chi connectivity index (χ0v) is 15.5. The number of carbonyl (C=O) groups excluding carboxylic acids is 2.